The molecule has 1 aliphatic heterocycles. The molecule has 1 aliphatic rings. The van der Waals surface area contributed by atoms with E-state index in [0.717, 1.165) is 11.1 Å². The van der Waals surface area contributed by atoms with Crippen LogP contribution >= 0.6 is 0 Å². The molecular weight excluding hydrogens is 540 g/mol. The van der Waals surface area contributed by atoms with E-state index in [1.165, 1.54) is 14.2 Å². The topological polar surface area (TPSA) is 124 Å². The summed E-state index contributed by atoms with van der Waals surface area (Å²) in [5.41, 5.74) is 2.31. The van der Waals surface area contributed by atoms with Crippen LogP contribution in [-0.4, -0.2) is 55.6 Å². The van der Waals surface area contributed by atoms with E-state index < -0.39 is 23.7 Å². The third-order valence-electron chi connectivity index (χ3n) is 7.46. The first-order chi connectivity index (χ1) is 20.3. The number of aromatic hydroxyl groups is 2. The van der Waals surface area contributed by atoms with E-state index in [2.05, 4.69) is 0 Å². The van der Waals surface area contributed by atoms with Crippen molar-refractivity contribution in [2.24, 2.45) is 0 Å². The van der Waals surface area contributed by atoms with E-state index in [0.29, 0.717) is 34.1 Å². The summed E-state index contributed by atoms with van der Waals surface area (Å²) in [6, 6.07) is 19.3. The number of phenols is 2. The molecule has 0 saturated heterocycles. The van der Waals surface area contributed by atoms with Gasteiger partial charge in [0.15, 0.2) is 23.7 Å². The van der Waals surface area contributed by atoms with Crippen LogP contribution in [0.25, 0.3) is 0 Å². The fourth-order valence-electron chi connectivity index (χ4n) is 5.15. The van der Waals surface area contributed by atoms with Crippen molar-refractivity contribution in [3.63, 3.8) is 0 Å². The molecule has 0 aliphatic carbocycles. The maximum Gasteiger partial charge on any atom is 0.202 e. The van der Waals surface area contributed by atoms with Crippen molar-refractivity contribution in [2.45, 2.75) is 25.0 Å². The number of aliphatic hydroxyl groups is 1. The summed E-state index contributed by atoms with van der Waals surface area (Å²) >= 11 is 0. The largest absolute Gasteiger partial charge is 0.507 e. The number of carbonyl (C=O) groups is 1. The number of methoxy groups -OCH3 is 4. The maximum atomic E-state index is 13.7. The first kappa shape index (κ1) is 28.6. The Morgan fingerprint density at radius 1 is 0.690 bits per heavy atom. The lowest BCUT2D eigenvalue weighted by Gasteiger charge is -2.33. The van der Waals surface area contributed by atoms with E-state index in [4.69, 9.17) is 23.7 Å². The molecule has 218 valence electrons. The predicted molar refractivity (Wildman–Crippen MR) is 155 cm³/mol. The van der Waals surface area contributed by atoms with Gasteiger partial charge in [-0.2, -0.15) is 0 Å². The van der Waals surface area contributed by atoms with Crippen molar-refractivity contribution >= 4 is 5.78 Å². The van der Waals surface area contributed by atoms with Gasteiger partial charge in [-0.25, -0.2) is 0 Å². The molecule has 5 rings (SSSR count). The molecule has 9 heteroatoms. The molecule has 9 nitrogen and oxygen atoms in total. The zero-order chi connectivity index (χ0) is 30.0. The Labute approximate surface area is 243 Å². The van der Waals surface area contributed by atoms with Crippen LogP contribution in [0, 0.1) is 0 Å². The zero-order valence-electron chi connectivity index (χ0n) is 23.7. The lowest BCUT2D eigenvalue weighted by molar-refractivity contribution is 0.0205. The number of ketones is 1. The van der Waals surface area contributed by atoms with Crippen molar-refractivity contribution < 1.29 is 43.8 Å². The van der Waals surface area contributed by atoms with Crippen LogP contribution in [0.3, 0.4) is 0 Å². The molecule has 0 saturated carbocycles. The van der Waals surface area contributed by atoms with Crippen molar-refractivity contribution in [1.82, 2.24) is 0 Å². The molecule has 4 aromatic rings. The first-order valence-electron chi connectivity index (χ1n) is 13.3. The highest BCUT2D eigenvalue weighted by Gasteiger charge is 2.42. The highest BCUT2D eigenvalue weighted by Crippen LogP contribution is 2.50. The second-order valence-electron chi connectivity index (χ2n) is 9.87. The molecule has 0 aromatic heterocycles. The second-order valence-corrected chi connectivity index (χ2v) is 9.87. The normalized spacial score (nSPS) is 15.9. The number of rotatable bonds is 9. The third-order valence-corrected chi connectivity index (χ3v) is 7.46. The van der Waals surface area contributed by atoms with Crippen LogP contribution < -0.4 is 23.7 Å². The van der Waals surface area contributed by atoms with Crippen molar-refractivity contribution in [3.8, 4) is 40.2 Å². The van der Waals surface area contributed by atoms with Gasteiger partial charge in [-0.15, -0.1) is 0 Å². The van der Waals surface area contributed by atoms with Crippen LogP contribution in [0.2, 0.25) is 0 Å². The monoisotopic (exact) mass is 572 g/mol. The minimum atomic E-state index is -1.63. The smallest absolute Gasteiger partial charge is 0.202 e. The van der Waals surface area contributed by atoms with Gasteiger partial charge >= 0.3 is 0 Å². The Morgan fingerprint density at radius 2 is 1.24 bits per heavy atom. The predicted octanol–water partition coefficient (Wildman–Crippen LogP) is 4.99. The summed E-state index contributed by atoms with van der Waals surface area (Å²) in [5.74, 6) is 0.833. The van der Waals surface area contributed by atoms with Crippen molar-refractivity contribution in [3.05, 3.63) is 100 Å². The van der Waals surface area contributed by atoms with Gasteiger partial charge in [-0.1, -0.05) is 30.3 Å². The minimum absolute atomic E-state index is 0.00869. The third kappa shape index (κ3) is 5.26. The molecule has 0 spiro atoms. The molecule has 42 heavy (non-hydrogen) atoms. The number of hydrogen-bond acceptors (Lipinski definition) is 9. The Kier molecular flexibility index (Phi) is 8.13. The van der Waals surface area contributed by atoms with E-state index in [-0.39, 0.29) is 35.5 Å². The number of Topliss-reactive ketones (excluding diaryl/α,β-unsaturated/α-hetero) is 1. The highest BCUT2D eigenvalue weighted by atomic mass is 16.5. The Morgan fingerprint density at radius 3 is 1.76 bits per heavy atom. The van der Waals surface area contributed by atoms with E-state index in [1.807, 2.05) is 12.1 Å². The number of fused-ring (bicyclic) bond motifs is 1. The Bertz CT molecular complexity index is 1590. The van der Waals surface area contributed by atoms with Crippen LogP contribution in [-0.2, 0) is 12.8 Å². The zero-order valence-corrected chi connectivity index (χ0v) is 23.7. The quantitative estimate of drug-likeness (QED) is 0.254. The van der Waals surface area contributed by atoms with E-state index >= 15 is 0 Å². The molecule has 4 aromatic carbocycles. The maximum absolute atomic E-state index is 13.7. The van der Waals surface area contributed by atoms with E-state index in [9.17, 15) is 20.1 Å². The molecule has 2 atom stereocenters. The lowest BCUT2D eigenvalue weighted by Crippen LogP contribution is -2.37. The van der Waals surface area contributed by atoms with Crippen LogP contribution in [0.5, 0.6) is 40.2 Å². The molecular formula is C33H32O9. The van der Waals surface area contributed by atoms with Gasteiger partial charge < -0.3 is 39.0 Å². The average molecular weight is 573 g/mol. The van der Waals surface area contributed by atoms with Crippen LogP contribution in [0.1, 0.15) is 44.3 Å². The minimum Gasteiger partial charge on any atom is -0.507 e. The second kappa shape index (κ2) is 11.9. The van der Waals surface area contributed by atoms with Gasteiger partial charge in [0.1, 0.15) is 34.3 Å². The van der Waals surface area contributed by atoms with Crippen molar-refractivity contribution in [1.29, 1.82) is 0 Å². The SMILES string of the molecule is COc1ccc(Cc2c(O)c(Cc3ccc(OC)cc3)c3c(c2O)C(=O)[C@H](O)[C@@H](c2ccc(OC)c(OC)c2)O3)cc1. The summed E-state index contributed by atoms with van der Waals surface area (Å²) in [6.45, 7) is 0. The molecule has 0 fully saturated rings. The van der Waals surface area contributed by atoms with Gasteiger partial charge in [0.2, 0.25) is 5.78 Å². The van der Waals surface area contributed by atoms with Crippen LogP contribution in [0.15, 0.2) is 66.7 Å². The fraction of sp³-hybridized carbons (Fsp3) is 0.242. The summed E-state index contributed by atoms with van der Waals surface area (Å²) in [7, 11) is 6.12. The van der Waals surface area contributed by atoms with Gasteiger partial charge in [-0.05, 0) is 53.1 Å². The molecule has 3 N–H and O–H groups in total. The standard InChI is InChI=1S/C33H32O9/c1-38-21-10-5-18(6-11-21)15-23-28(34)24(16-19-7-12-22(39-2)13-8-19)33-27(29(23)35)30(36)31(37)32(42-33)20-9-14-25(40-3)26(17-20)41-4/h5-14,17,31-32,34-35,37H,15-16H2,1-4H3/t31-,32+/m0/s1. The van der Waals surface area contributed by atoms with Crippen molar-refractivity contribution in [2.75, 3.05) is 28.4 Å². The summed E-state index contributed by atoms with van der Waals surface area (Å²) < 4.78 is 27.5. The van der Waals surface area contributed by atoms with E-state index in [1.54, 1.807) is 68.8 Å². The molecule has 0 unspecified atom stereocenters. The molecule has 0 bridgehead atoms. The summed E-state index contributed by atoms with van der Waals surface area (Å²) in [5, 5.41) is 34.1. The number of aliphatic hydroxyl groups excluding tert-OH is 1. The van der Waals surface area contributed by atoms with Gasteiger partial charge in [0.05, 0.1) is 28.4 Å². The molecule has 1 heterocycles. The number of ether oxygens (including phenoxy) is 5. The van der Waals surface area contributed by atoms with Gasteiger partial charge in [-0.3, -0.25) is 4.79 Å². The Balaban J connectivity index is 1.64. The Hall–Kier alpha value is -4.89. The highest BCUT2D eigenvalue weighted by molar-refractivity contribution is 6.06. The van der Waals surface area contributed by atoms with Gasteiger partial charge in [0, 0.05) is 24.0 Å². The number of carbonyl (C=O) groups excluding carboxylic acids is 1. The number of phenolic OH excluding ortho intramolecular Hbond substituents is 2. The molecule has 0 radical (unpaired) electrons. The first-order valence-corrected chi connectivity index (χ1v) is 13.3. The van der Waals surface area contributed by atoms with Gasteiger partial charge in [0.25, 0.3) is 0 Å². The number of benzene rings is 4. The van der Waals surface area contributed by atoms with Crippen LogP contribution in [0.4, 0.5) is 0 Å². The number of hydrogen-bond donors (Lipinski definition) is 3. The summed E-state index contributed by atoms with van der Waals surface area (Å²) in [4.78, 5) is 13.7. The average Bonchev–Trinajstić information content (AvgIpc) is 3.02. The fourth-order valence-corrected chi connectivity index (χ4v) is 5.15. The molecule has 0 amide bonds. The lowest BCUT2D eigenvalue weighted by atomic mass is 9.86. The summed E-state index contributed by atoms with van der Waals surface area (Å²) in [6.07, 6.45) is -2.47.